The minimum Gasteiger partial charge on any atom is -0.478 e. The first-order valence-electron chi connectivity index (χ1n) is 8.65. The summed E-state index contributed by atoms with van der Waals surface area (Å²) < 4.78 is 33.4. The summed E-state index contributed by atoms with van der Waals surface area (Å²) in [7, 11) is -3.83. The molecular weight excluding hydrogens is 364 g/mol. The topological polar surface area (TPSA) is 95.9 Å². The first-order chi connectivity index (χ1) is 11.9. The Balaban J connectivity index is 1.92. The van der Waals surface area contributed by atoms with Crippen LogP contribution in [-0.2, 0) is 27.7 Å². The van der Waals surface area contributed by atoms with Crippen LogP contribution < -0.4 is 5.32 Å². The maximum absolute atomic E-state index is 13.1. The van der Waals surface area contributed by atoms with Gasteiger partial charge in [0.15, 0.2) is 0 Å². The Hall–Kier alpha value is -1.00. The Morgan fingerprint density at radius 3 is 3.00 bits per heavy atom. The van der Waals surface area contributed by atoms with Crippen molar-refractivity contribution in [2.75, 3.05) is 26.2 Å². The summed E-state index contributed by atoms with van der Waals surface area (Å²) in [5.74, 6) is -1.16. The molecule has 1 aromatic heterocycles. The monoisotopic (exact) mass is 388 g/mol. The minimum absolute atomic E-state index is 0.0233. The number of piperidine rings is 1. The minimum atomic E-state index is -3.83. The van der Waals surface area contributed by atoms with E-state index >= 15 is 0 Å². The zero-order valence-electron chi connectivity index (χ0n) is 14.3. The molecule has 0 saturated carbocycles. The molecule has 0 aliphatic carbocycles. The fourth-order valence-electron chi connectivity index (χ4n) is 3.37. The largest absolute Gasteiger partial charge is 0.478 e. The van der Waals surface area contributed by atoms with E-state index in [9.17, 15) is 18.3 Å². The third-order valence-corrected chi connectivity index (χ3v) is 8.18. The highest BCUT2D eigenvalue weighted by atomic mass is 32.2. The van der Waals surface area contributed by atoms with Crippen molar-refractivity contribution >= 4 is 27.3 Å². The number of sulfonamides is 1. The van der Waals surface area contributed by atoms with E-state index in [4.69, 9.17) is 4.74 Å². The number of hydrogen-bond acceptors (Lipinski definition) is 6. The van der Waals surface area contributed by atoms with Crippen LogP contribution in [0.25, 0.3) is 0 Å². The van der Waals surface area contributed by atoms with Crippen LogP contribution >= 0.6 is 11.3 Å². The van der Waals surface area contributed by atoms with Crippen molar-refractivity contribution < 1.29 is 23.1 Å². The van der Waals surface area contributed by atoms with Gasteiger partial charge in [-0.25, -0.2) is 13.2 Å². The number of hydrogen-bond donors (Lipinski definition) is 2. The lowest BCUT2D eigenvalue weighted by Gasteiger charge is -2.31. The van der Waals surface area contributed by atoms with Gasteiger partial charge in [-0.1, -0.05) is 6.92 Å². The zero-order chi connectivity index (χ0) is 18.0. The second kappa shape index (κ2) is 7.71. The van der Waals surface area contributed by atoms with Crippen LogP contribution in [0, 0.1) is 0 Å². The van der Waals surface area contributed by atoms with Crippen LogP contribution in [0.1, 0.15) is 47.0 Å². The number of aromatic carboxylic acids is 1. The molecule has 1 atom stereocenters. The van der Waals surface area contributed by atoms with Crippen molar-refractivity contribution in [1.82, 2.24) is 9.62 Å². The van der Waals surface area contributed by atoms with E-state index in [1.54, 1.807) is 0 Å². The molecule has 1 fully saturated rings. The van der Waals surface area contributed by atoms with Gasteiger partial charge in [0.25, 0.3) is 10.0 Å². The van der Waals surface area contributed by atoms with E-state index in [-0.39, 0.29) is 15.9 Å². The van der Waals surface area contributed by atoms with Crippen LogP contribution in [0.3, 0.4) is 0 Å². The highest BCUT2D eigenvalue weighted by Crippen LogP contribution is 2.36. The molecule has 9 heteroatoms. The molecule has 1 saturated heterocycles. The van der Waals surface area contributed by atoms with Gasteiger partial charge in [0.1, 0.15) is 4.21 Å². The molecule has 0 aromatic carbocycles. The summed E-state index contributed by atoms with van der Waals surface area (Å²) >= 11 is 1.10. The highest BCUT2D eigenvalue weighted by Gasteiger charge is 2.37. The van der Waals surface area contributed by atoms with E-state index in [2.05, 4.69) is 5.32 Å². The van der Waals surface area contributed by atoms with Gasteiger partial charge in [0.2, 0.25) is 0 Å². The number of nitrogens with zero attached hydrogens (tertiary/aromatic N) is 1. The molecular formula is C16H24N2O5S2. The normalized spacial score (nSPS) is 21.9. The van der Waals surface area contributed by atoms with Crippen molar-refractivity contribution in [2.45, 2.75) is 49.5 Å². The Morgan fingerprint density at radius 2 is 2.28 bits per heavy atom. The van der Waals surface area contributed by atoms with Crippen molar-refractivity contribution in [3.8, 4) is 0 Å². The molecule has 3 rings (SSSR count). The third kappa shape index (κ3) is 3.75. The maximum atomic E-state index is 13.1. The predicted octanol–water partition coefficient (Wildman–Crippen LogP) is 1.67. The van der Waals surface area contributed by atoms with Crippen molar-refractivity contribution in [1.29, 1.82) is 0 Å². The molecule has 1 aromatic rings. The molecule has 2 aliphatic heterocycles. The van der Waals surface area contributed by atoms with E-state index < -0.39 is 16.0 Å². The predicted molar refractivity (Wildman–Crippen MR) is 94.7 cm³/mol. The number of ether oxygens (including phenoxy) is 1. The number of fused-ring (bicyclic) bond motifs is 1. The molecule has 0 amide bonds. The average molecular weight is 389 g/mol. The van der Waals surface area contributed by atoms with Crippen LogP contribution in [0.4, 0.5) is 0 Å². The lowest BCUT2D eigenvalue weighted by molar-refractivity contribution is 0.0193. The molecule has 140 valence electrons. The summed E-state index contributed by atoms with van der Waals surface area (Å²) in [6.45, 7) is 4.52. The number of carboxylic acids is 1. The van der Waals surface area contributed by atoms with Gasteiger partial charge in [0, 0.05) is 31.1 Å². The van der Waals surface area contributed by atoms with Crippen molar-refractivity contribution in [3.63, 3.8) is 0 Å². The summed E-state index contributed by atoms with van der Waals surface area (Å²) in [5.41, 5.74) is 0.642. The van der Waals surface area contributed by atoms with Gasteiger partial charge < -0.3 is 15.2 Å². The Bertz CT molecular complexity index is 744. The number of nitrogens with one attached hydrogen (secondary N) is 1. The van der Waals surface area contributed by atoms with Crippen LogP contribution in [-0.4, -0.2) is 56.1 Å². The second-order valence-corrected chi connectivity index (χ2v) is 9.63. The molecule has 7 nitrogen and oxygen atoms in total. The van der Waals surface area contributed by atoms with Gasteiger partial charge in [0.05, 0.1) is 11.7 Å². The lowest BCUT2D eigenvalue weighted by atomic mass is 10.1. The lowest BCUT2D eigenvalue weighted by Crippen LogP contribution is -2.43. The number of rotatable bonds is 6. The molecule has 0 spiro atoms. The van der Waals surface area contributed by atoms with Gasteiger partial charge in [-0.05, 0) is 37.8 Å². The second-order valence-electron chi connectivity index (χ2n) is 6.40. The summed E-state index contributed by atoms with van der Waals surface area (Å²) in [6, 6.07) is 0. The number of thiophene rings is 1. The molecule has 2 N–H and O–H groups in total. The summed E-state index contributed by atoms with van der Waals surface area (Å²) in [4.78, 5) is 12.6. The van der Waals surface area contributed by atoms with Crippen molar-refractivity contribution in [2.24, 2.45) is 0 Å². The molecule has 0 radical (unpaired) electrons. The molecule has 0 bridgehead atoms. The Morgan fingerprint density at radius 1 is 1.48 bits per heavy atom. The first kappa shape index (κ1) is 18.8. The van der Waals surface area contributed by atoms with E-state index in [0.29, 0.717) is 44.8 Å². The van der Waals surface area contributed by atoms with Gasteiger partial charge in [-0.3, -0.25) is 0 Å². The van der Waals surface area contributed by atoms with E-state index in [0.717, 1.165) is 35.5 Å². The third-order valence-electron chi connectivity index (χ3n) is 4.58. The van der Waals surface area contributed by atoms with Gasteiger partial charge >= 0.3 is 5.97 Å². The standard InChI is InChI=1S/C16H24N2O5S2/c1-2-8-23-11-4-3-7-18(10-11)25(21,22)16-14(15(19)20)12-5-6-17-9-13(12)24-16/h11,17H,2-10H2,1H3,(H,19,20)/t11-/m0/s1. The molecule has 2 aliphatic rings. The van der Waals surface area contributed by atoms with Crippen LogP contribution in [0.15, 0.2) is 4.21 Å². The molecule has 3 heterocycles. The van der Waals surface area contributed by atoms with Crippen molar-refractivity contribution in [3.05, 3.63) is 16.0 Å². The Kier molecular flexibility index (Phi) is 5.79. The quantitative estimate of drug-likeness (QED) is 0.770. The molecule has 25 heavy (non-hydrogen) atoms. The summed E-state index contributed by atoms with van der Waals surface area (Å²) in [6.07, 6.45) is 2.88. The SMILES string of the molecule is CCCO[C@H]1CCCN(S(=O)(=O)c2sc3c(c2C(=O)O)CCNC3)C1. The van der Waals surface area contributed by atoms with E-state index in [1.807, 2.05) is 6.92 Å². The molecule has 0 unspecified atom stereocenters. The average Bonchev–Trinajstić information content (AvgIpc) is 3.01. The first-order valence-corrected chi connectivity index (χ1v) is 10.9. The Labute approximate surface area is 152 Å². The van der Waals surface area contributed by atoms with Crippen LogP contribution in [0.2, 0.25) is 0 Å². The van der Waals surface area contributed by atoms with E-state index in [1.165, 1.54) is 4.31 Å². The van der Waals surface area contributed by atoms with Gasteiger partial charge in [-0.15, -0.1) is 11.3 Å². The van der Waals surface area contributed by atoms with Crippen LogP contribution in [0.5, 0.6) is 0 Å². The number of carbonyl (C=O) groups is 1. The fraction of sp³-hybridized carbons (Fsp3) is 0.688. The fourth-order valence-corrected chi connectivity index (χ4v) is 6.88. The summed E-state index contributed by atoms with van der Waals surface area (Å²) in [5, 5.41) is 12.8. The zero-order valence-corrected chi connectivity index (χ0v) is 15.9. The highest BCUT2D eigenvalue weighted by molar-refractivity contribution is 7.91. The van der Waals surface area contributed by atoms with Gasteiger partial charge in [-0.2, -0.15) is 4.31 Å². The number of carboxylic acid groups (broad SMARTS) is 1. The maximum Gasteiger partial charge on any atom is 0.338 e. The smallest absolute Gasteiger partial charge is 0.338 e.